The number of pyridine rings is 1. The van der Waals surface area contributed by atoms with Crippen molar-refractivity contribution in [3.8, 4) is 5.69 Å². The predicted molar refractivity (Wildman–Crippen MR) is 130 cm³/mol. The predicted octanol–water partition coefficient (Wildman–Crippen LogP) is 5.15. The fourth-order valence-corrected chi connectivity index (χ4v) is 4.81. The van der Waals surface area contributed by atoms with E-state index in [9.17, 15) is 4.79 Å². The molecule has 1 aromatic carbocycles. The summed E-state index contributed by atoms with van der Waals surface area (Å²) in [5.41, 5.74) is 4.62. The van der Waals surface area contributed by atoms with E-state index in [4.69, 9.17) is 21.3 Å². The van der Waals surface area contributed by atoms with E-state index in [2.05, 4.69) is 16.1 Å². The van der Waals surface area contributed by atoms with Crippen LogP contribution in [0.15, 0.2) is 42.7 Å². The molecule has 1 saturated heterocycles. The molecule has 6 nitrogen and oxygen atoms in total. The molecule has 0 atom stereocenters. The Morgan fingerprint density at radius 1 is 1.12 bits per heavy atom. The normalized spacial score (nSPS) is 16.9. The quantitative estimate of drug-likeness (QED) is 0.453. The number of ketones is 1. The van der Waals surface area contributed by atoms with E-state index in [1.165, 1.54) is 18.4 Å². The number of rotatable bonds is 7. The highest BCUT2D eigenvalue weighted by molar-refractivity contribution is 6.30. The average Bonchev–Trinajstić information content (AvgIpc) is 3.61. The number of halogens is 1. The third kappa shape index (κ3) is 4.68. The number of carbonyl (C=O) groups is 1. The number of carbonyl (C=O) groups excluding carboxylic acids is 1. The Labute approximate surface area is 199 Å². The van der Waals surface area contributed by atoms with Gasteiger partial charge in [-0.3, -0.25) is 4.79 Å². The minimum atomic E-state index is 0.0601. The van der Waals surface area contributed by atoms with E-state index in [0.717, 1.165) is 48.7 Å². The number of benzene rings is 1. The summed E-state index contributed by atoms with van der Waals surface area (Å²) in [5.74, 6) is 1.72. The summed E-state index contributed by atoms with van der Waals surface area (Å²) in [6.45, 7) is 3.86. The number of anilines is 1. The zero-order valence-corrected chi connectivity index (χ0v) is 19.9. The van der Waals surface area contributed by atoms with E-state index >= 15 is 0 Å². The minimum absolute atomic E-state index is 0.0601. The highest BCUT2D eigenvalue weighted by atomic mass is 35.5. The van der Waals surface area contributed by atoms with Crippen molar-refractivity contribution >= 4 is 23.2 Å². The number of nitrogens with zero attached hydrogens (tertiary/aromatic N) is 4. The molecule has 7 heteroatoms. The summed E-state index contributed by atoms with van der Waals surface area (Å²) >= 11 is 6.00. The molecule has 5 rings (SSSR count). The first-order chi connectivity index (χ1) is 16.0. The molecular formula is C26H29ClN4O2. The molecule has 0 unspecified atom stereocenters. The van der Waals surface area contributed by atoms with Crippen molar-refractivity contribution < 1.29 is 9.53 Å². The van der Waals surface area contributed by atoms with Crippen molar-refractivity contribution in [2.24, 2.45) is 0 Å². The Morgan fingerprint density at radius 2 is 1.85 bits per heavy atom. The van der Waals surface area contributed by atoms with Crippen molar-refractivity contribution in [2.45, 2.75) is 51.0 Å². The molecule has 0 spiro atoms. The molecule has 172 valence electrons. The van der Waals surface area contributed by atoms with Crippen LogP contribution < -0.4 is 4.90 Å². The van der Waals surface area contributed by atoms with Crippen LogP contribution in [0.1, 0.15) is 58.8 Å². The molecule has 2 fully saturated rings. The van der Waals surface area contributed by atoms with Crippen molar-refractivity contribution in [2.75, 3.05) is 25.1 Å². The standard InChI is InChI=1S/C26H29ClN4O2/c1-17-24(16-29-31(17)21-7-5-20(27)6-8-21)25(32)14-18-13-23(19-3-4-19)26(28-15-18)30-11-9-22(33-2)10-12-30/h5-8,13,15-16,19,22H,3-4,9-12,14H2,1-2H3. The van der Waals surface area contributed by atoms with Crippen LogP contribution in [0.5, 0.6) is 0 Å². The van der Waals surface area contributed by atoms with Crippen LogP contribution >= 0.6 is 11.6 Å². The number of hydrogen-bond acceptors (Lipinski definition) is 5. The molecule has 0 bridgehead atoms. The fraction of sp³-hybridized carbons (Fsp3) is 0.423. The maximum atomic E-state index is 13.2. The lowest BCUT2D eigenvalue weighted by molar-refractivity contribution is 0.0817. The van der Waals surface area contributed by atoms with E-state index in [1.54, 1.807) is 18.0 Å². The maximum Gasteiger partial charge on any atom is 0.170 e. The average molecular weight is 465 g/mol. The zero-order chi connectivity index (χ0) is 22.9. The van der Waals surface area contributed by atoms with Gasteiger partial charge in [0.2, 0.25) is 0 Å². The first-order valence-electron chi connectivity index (χ1n) is 11.6. The number of hydrogen-bond donors (Lipinski definition) is 0. The number of methoxy groups -OCH3 is 1. The lowest BCUT2D eigenvalue weighted by Gasteiger charge is -2.33. The fourth-order valence-electron chi connectivity index (χ4n) is 4.69. The second-order valence-corrected chi connectivity index (χ2v) is 9.52. The van der Waals surface area contributed by atoms with Crippen molar-refractivity contribution in [3.63, 3.8) is 0 Å². The van der Waals surface area contributed by atoms with Crippen molar-refractivity contribution in [3.05, 3.63) is 70.1 Å². The van der Waals surface area contributed by atoms with Crippen LogP contribution in [-0.2, 0) is 11.2 Å². The number of ether oxygens (including phenoxy) is 1. The molecular weight excluding hydrogens is 436 g/mol. The summed E-state index contributed by atoms with van der Waals surface area (Å²) in [6, 6.07) is 9.65. The van der Waals surface area contributed by atoms with Gasteiger partial charge in [0.05, 0.1) is 29.2 Å². The first kappa shape index (κ1) is 22.1. The molecule has 3 aromatic rings. The molecule has 33 heavy (non-hydrogen) atoms. The monoisotopic (exact) mass is 464 g/mol. The Morgan fingerprint density at radius 3 is 2.52 bits per heavy atom. The highest BCUT2D eigenvalue weighted by Gasteiger charge is 2.31. The van der Waals surface area contributed by atoms with Crippen LogP contribution in [0.3, 0.4) is 0 Å². The number of piperidine rings is 1. The largest absolute Gasteiger partial charge is 0.381 e. The third-order valence-corrected chi connectivity index (χ3v) is 7.04. The van der Waals surface area contributed by atoms with Crippen molar-refractivity contribution in [1.29, 1.82) is 0 Å². The zero-order valence-electron chi connectivity index (χ0n) is 19.1. The molecule has 1 aliphatic heterocycles. The lowest BCUT2D eigenvalue weighted by Crippen LogP contribution is -2.37. The molecule has 0 radical (unpaired) electrons. The van der Waals surface area contributed by atoms with Gasteiger partial charge in [-0.2, -0.15) is 5.10 Å². The molecule has 1 aliphatic carbocycles. The summed E-state index contributed by atoms with van der Waals surface area (Å²) in [7, 11) is 1.79. The van der Waals surface area contributed by atoms with Gasteiger partial charge in [-0.15, -0.1) is 0 Å². The molecule has 0 N–H and O–H groups in total. The maximum absolute atomic E-state index is 13.2. The minimum Gasteiger partial charge on any atom is -0.381 e. The Hall–Kier alpha value is -2.70. The van der Waals surface area contributed by atoms with E-state index in [1.807, 2.05) is 37.4 Å². The van der Waals surface area contributed by atoms with Crippen LogP contribution in [-0.4, -0.2) is 46.9 Å². The second kappa shape index (κ2) is 9.27. The van der Waals surface area contributed by atoms with Gasteiger partial charge in [-0.1, -0.05) is 11.6 Å². The molecule has 3 heterocycles. The summed E-state index contributed by atoms with van der Waals surface area (Å²) in [6.07, 6.45) is 8.67. The van der Waals surface area contributed by atoms with Gasteiger partial charge in [-0.05, 0) is 80.0 Å². The van der Waals surface area contributed by atoms with Gasteiger partial charge in [0.1, 0.15) is 5.82 Å². The Bertz CT molecular complexity index is 1150. The second-order valence-electron chi connectivity index (χ2n) is 9.08. The number of Topliss-reactive ketones (excluding diaryl/α,β-unsaturated/α-hetero) is 1. The first-order valence-corrected chi connectivity index (χ1v) is 12.0. The highest BCUT2D eigenvalue weighted by Crippen LogP contribution is 2.44. The Kier molecular flexibility index (Phi) is 6.21. The van der Waals surface area contributed by atoms with E-state index in [0.29, 0.717) is 29.0 Å². The summed E-state index contributed by atoms with van der Waals surface area (Å²) < 4.78 is 7.30. The molecule has 1 saturated carbocycles. The number of aromatic nitrogens is 3. The Balaban J connectivity index is 1.34. The topological polar surface area (TPSA) is 60.2 Å². The van der Waals surface area contributed by atoms with Crippen LogP contribution in [0.25, 0.3) is 5.69 Å². The van der Waals surface area contributed by atoms with Gasteiger partial charge in [-0.25, -0.2) is 9.67 Å². The molecule has 2 aliphatic rings. The van der Waals surface area contributed by atoms with Gasteiger partial charge < -0.3 is 9.64 Å². The van der Waals surface area contributed by atoms with Gasteiger partial charge >= 0.3 is 0 Å². The van der Waals surface area contributed by atoms with E-state index < -0.39 is 0 Å². The van der Waals surface area contributed by atoms with Gasteiger partial charge in [0.25, 0.3) is 0 Å². The SMILES string of the molecule is COC1CCN(c2ncc(CC(=O)c3cnn(-c4ccc(Cl)cc4)c3C)cc2C2CC2)CC1. The van der Waals surface area contributed by atoms with Crippen LogP contribution in [0.4, 0.5) is 5.82 Å². The molecule has 2 aromatic heterocycles. The van der Waals surface area contributed by atoms with Crippen molar-refractivity contribution in [1.82, 2.24) is 14.8 Å². The summed E-state index contributed by atoms with van der Waals surface area (Å²) in [5, 5.41) is 5.11. The van der Waals surface area contributed by atoms with Gasteiger partial charge in [0.15, 0.2) is 5.78 Å². The summed E-state index contributed by atoms with van der Waals surface area (Å²) in [4.78, 5) is 20.4. The van der Waals surface area contributed by atoms with Crippen LogP contribution in [0, 0.1) is 6.92 Å². The van der Waals surface area contributed by atoms with Gasteiger partial charge in [0, 0.05) is 37.8 Å². The molecule has 0 amide bonds. The smallest absolute Gasteiger partial charge is 0.170 e. The third-order valence-electron chi connectivity index (χ3n) is 6.79. The van der Waals surface area contributed by atoms with E-state index in [-0.39, 0.29) is 5.78 Å². The lowest BCUT2D eigenvalue weighted by atomic mass is 10.0. The van der Waals surface area contributed by atoms with Crippen LogP contribution in [0.2, 0.25) is 5.02 Å².